The number of rotatable bonds is 5. The summed E-state index contributed by atoms with van der Waals surface area (Å²) in [6.45, 7) is 0. The molecule has 0 N–H and O–H groups in total. The van der Waals surface area contributed by atoms with E-state index in [1.54, 1.807) is 32.4 Å². The first-order valence-corrected chi connectivity index (χ1v) is 12.1. The molecule has 0 spiro atoms. The summed E-state index contributed by atoms with van der Waals surface area (Å²) < 4.78 is 34.8. The number of aliphatic imine (C=N–C) groups is 1. The standard InChI is InChI=1S/C21H22N2O5S2/c1-27-17-9-8-14(10-18(17)28-2)11-20(24)22-21-23(15-6-4-3-5-7-15)16-12-30(25,26)13-19(16)29-21/h3-10,16,19H,11-13H2,1-2H3. The normalized spacial score (nSPS) is 23.4. The predicted octanol–water partition coefficient (Wildman–Crippen LogP) is 2.55. The summed E-state index contributed by atoms with van der Waals surface area (Å²) in [5, 5.41) is 0.430. The number of methoxy groups -OCH3 is 2. The van der Waals surface area contributed by atoms with Crippen LogP contribution in [-0.2, 0) is 21.1 Å². The van der Waals surface area contributed by atoms with Crippen molar-refractivity contribution in [3.05, 3.63) is 54.1 Å². The van der Waals surface area contributed by atoms with Gasteiger partial charge in [0, 0.05) is 10.9 Å². The highest BCUT2D eigenvalue weighted by atomic mass is 32.2. The topological polar surface area (TPSA) is 85.3 Å². The van der Waals surface area contributed by atoms with Gasteiger partial charge in [0.15, 0.2) is 26.5 Å². The summed E-state index contributed by atoms with van der Waals surface area (Å²) in [6, 6.07) is 14.6. The maximum atomic E-state index is 12.7. The van der Waals surface area contributed by atoms with Gasteiger partial charge in [-0.3, -0.25) is 4.79 Å². The van der Waals surface area contributed by atoms with Crippen LogP contribution in [0.15, 0.2) is 53.5 Å². The Morgan fingerprint density at radius 1 is 1.10 bits per heavy atom. The van der Waals surface area contributed by atoms with Crippen molar-refractivity contribution in [3.8, 4) is 11.5 Å². The van der Waals surface area contributed by atoms with Gasteiger partial charge in [-0.05, 0) is 29.8 Å². The van der Waals surface area contributed by atoms with Crippen LogP contribution in [0.3, 0.4) is 0 Å². The zero-order chi connectivity index (χ0) is 21.3. The molecule has 0 radical (unpaired) electrons. The smallest absolute Gasteiger partial charge is 0.252 e. The number of fused-ring (bicyclic) bond motifs is 1. The van der Waals surface area contributed by atoms with Crippen molar-refractivity contribution in [2.75, 3.05) is 30.6 Å². The molecule has 2 atom stereocenters. The lowest BCUT2D eigenvalue weighted by Gasteiger charge is -2.24. The molecule has 30 heavy (non-hydrogen) atoms. The van der Waals surface area contributed by atoms with Crippen molar-refractivity contribution in [1.82, 2.24) is 0 Å². The molecule has 2 aliphatic rings. The van der Waals surface area contributed by atoms with E-state index >= 15 is 0 Å². The molecule has 2 aromatic carbocycles. The third-order valence-corrected chi connectivity index (χ3v) is 8.33. The molecule has 158 valence electrons. The van der Waals surface area contributed by atoms with Crippen molar-refractivity contribution in [2.24, 2.45) is 4.99 Å². The molecule has 1 amide bonds. The number of hydrogen-bond acceptors (Lipinski definition) is 6. The van der Waals surface area contributed by atoms with Gasteiger partial charge in [-0.25, -0.2) is 8.42 Å². The van der Waals surface area contributed by atoms with Crippen molar-refractivity contribution in [1.29, 1.82) is 0 Å². The fourth-order valence-corrected chi connectivity index (χ4v) is 7.70. The minimum Gasteiger partial charge on any atom is -0.493 e. The van der Waals surface area contributed by atoms with Gasteiger partial charge in [0.2, 0.25) is 0 Å². The summed E-state index contributed by atoms with van der Waals surface area (Å²) in [4.78, 5) is 19.0. The number of thioether (sulfide) groups is 1. The number of amides is 1. The summed E-state index contributed by atoms with van der Waals surface area (Å²) in [7, 11) is 0.0124. The largest absolute Gasteiger partial charge is 0.493 e. The molecule has 0 bridgehead atoms. The number of para-hydroxylation sites is 1. The minimum atomic E-state index is -3.09. The third-order valence-electron chi connectivity index (χ3n) is 5.12. The first-order valence-electron chi connectivity index (χ1n) is 9.44. The molecule has 4 rings (SSSR count). The van der Waals surface area contributed by atoms with Crippen LogP contribution in [0.25, 0.3) is 0 Å². The Morgan fingerprint density at radius 2 is 1.83 bits per heavy atom. The Bertz CT molecular complexity index is 1090. The summed E-state index contributed by atoms with van der Waals surface area (Å²) in [5.74, 6) is 1.03. The van der Waals surface area contributed by atoms with E-state index in [0.717, 1.165) is 11.3 Å². The van der Waals surface area contributed by atoms with E-state index in [4.69, 9.17) is 9.47 Å². The predicted molar refractivity (Wildman–Crippen MR) is 118 cm³/mol. The summed E-state index contributed by atoms with van der Waals surface area (Å²) in [6.07, 6.45) is 0.112. The van der Waals surface area contributed by atoms with Crippen LogP contribution in [0.4, 0.5) is 5.69 Å². The maximum absolute atomic E-state index is 12.7. The van der Waals surface area contributed by atoms with Gasteiger partial charge >= 0.3 is 0 Å². The van der Waals surface area contributed by atoms with Crippen molar-refractivity contribution in [3.63, 3.8) is 0 Å². The van der Waals surface area contributed by atoms with Crippen molar-refractivity contribution in [2.45, 2.75) is 17.7 Å². The Labute approximate surface area is 180 Å². The van der Waals surface area contributed by atoms with Crippen molar-refractivity contribution >= 4 is 38.4 Å². The molecule has 2 aliphatic heterocycles. The zero-order valence-corrected chi connectivity index (χ0v) is 18.3. The van der Waals surface area contributed by atoms with Crippen LogP contribution < -0.4 is 14.4 Å². The quantitative estimate of drug-likeness (QED) is 0.698. The van der Waals surface area contributed by atoms with E-state index in [-0.39, 0.29) is 35.1 Å². The highest BCUT2D eigenvalue weighted by Gasteiger charge is 2.49. The monoisotopic (exact) mass is 446 g/mol. The third kappa shape index (κ3) is 4.17. The number of carbonyl (C=O) groups is 1. The van der Waals surface area contributed by atoms with Gasteiger partial charge in [-0.15, -0.1) is 0 Å². The Morgan fingerprint density at radius 3 is 2.53 bits per heavy atom. The van der Waals surface area contributed by atoms with Gasteiger partial charge in [0.25, 0.3) is 5.91 Å². The van der Waals surface area contributed by atoms with Gasteiger partial charge in [-0.1, -0.05) is 36.0 Å². The number of carbonyl (C=O) groups excluding carboxylic acids is 1. The summed E-state index contributed by atoms with van der Waals surface area (Å²) >= 11 is 1.37. The van der Waals surface area contributed by atoms with E-state index in [1.165, 1.54) is 11.8 Å². The fraction of sp³-hybridized carbons (Fsp3) is 0.333. The SMILES string of the molecule is COc1ccc(CC(=O)N=C2SC3CS(=O)(=O)CC3N2c2ccccc2)cc1OC. The lowest BCUT2D eigenvalue weighted by Crippen LogP contribution is -2.37. The first-order chi connectivity index (χ1) is 14.4. The van der Waals surface area contributed by atoms with Crippen LogP contribution in [0.1, 0.15) is 5.56 Å². The fourth-order valence-electron chi connectivity index (χ4n) is 3.77. The maximum Gasteiger partial charge on any atom is 0.252 e. The number of benzene rings is 2. The van der Waals surface area contributed by atoms with Crippen LogP contribution in [0.5, 0.6) is 11.5 Å². The molecule has 0 aliphatic carbocycles. The van der Waals surface area contributed by atoms with E-state index in [0.29, 0.717) is 16.7 Å². The molecule has 2 fully saturated rings. The van der Waals surface area contributed by atoms with Crippen LogP contribution in [0.2, 0.25) is 0 Å². The molecule has 0 saturated carbocycles. The van der Waals surface area contributed by atoms with Gasteiger partial charge in [0.1, 0.15) is 0 Å². The van der Waals surface area contributed by atoms with Crippen LogP contribution in [0, 0.1) is 0 Å². The number of nitrogens with zero attached hydrogens (tertiary/aromatic N) is 2. The first kappa shape index (κ1) is 20.7. The van der Waals surface area contributed by atoms with Gasteiger partial charge < -0.3 is 14.4 Å². The number of hydrogen-bond donors (Lipinski definition) is 0. The molecular formula is C21H22N2O5S2. The van der Waals surface area contributed by atoms with Crippen molar-refractivity contribution < 1.29 is 22.7 Å². The van der Waals surface area contributed by atoms with Crippen LogP contribution in [-0.4, -0.2) is 56.5 Å². The lowest BCUT2D eigenvalue weighted by molar-refractivity contribution is -0.117. The molecule has 2 heterocycles. The Kier molecular flexibility index (Phi) is 5.75. The molecule has 2 saturated heterocycles. The van der Waals surface area contributed by atoms with Gasteiger partial charge in [0.05, 0.1) is 38.2 Å². The molecule has 9 heteroatoms. The molecule has 2 unspecified atom stereocenters. The molecular weight excluding hydrogens is 424 g/mol. The second-order valence-electron chi connectivity index (χ2n) is 7.16. The summed E-state index contributed by atoms with van der Waals surface area (Å²) in [5.41, 5.74) is 1.60. The lowest BCUT2D eigenvalue weighted by atomic mass is 10.1. The van der Waals surface area contributed by atoms with E-state index in [9.17, 15) is 13.2 Å². The number of sulfone groups is 1. The highest BCUT2D eigenvalue weighted by molar-refractivity contribution is 8.16. The second-order valence-corrected chi connectivity index (χ2v) is 10.5. The number of amidine groups is 1. The zero-order valence-electron chi connectivity index (χ0n) is 16.6. The van der Waals surface area contributed by atoms with Gasteiger partial charge in [-0.2, -0.15) is 4.99 Å². The van der Waals surface area contributed by atoms with E-state index < -0.39 is 9.84 Å². The number of anilines is 1. The van der Waals surface area contributed by atoms with E-state index in [1.807, 2.05) is 35.2 Å². The highest BCUT2D eigenvalue weighted by Crippen LogP contribution is 2.41. The second kappa shape index (κ2) is 8.31. The Hall–Kier alpha value is -2.52. The average molecular weight is 447 g/mol. The molecule has 7 nitrogen and oxygen atoms in total. The van der Waals surface area contributed by atoms with E-state index in [2.05, 4.69) is 4.99 Å². The molecule has 0 aromatic heterocycles. The minimum absolute atomic E-state index is 0.0719. The number of ether oxygens (including phenoxy) is 2. The Balaban J connectivity index is 1.59. The molecule has 2 aromatic rings. The van der Waals surface area contributed by atoms with Crippen LogP contribution >= 0.6 is 11.8 Å². The average Bonchev–Trinajstić information content (AvgIpc) is 3.18.